The largest absolute Gasteiger partial charge is 0.493 e. The summed E-state index contributed by atoms with van der Waals surface area (Å²) in [5.74, 6) is 4.03. The summed E-state index contributed by atoms with van der Waals surface area (Å²) >= 11 is 1.73. The van der Waals surface area contributed by atoms with Crippen molar-refractivity contribution in [3.05, 3.63) is 47.4 Å². The van der Waals surface area contributed by atoms with E-state index >= 15 is 0 Å². The Balaban J connectivity index is 1.91. The van der Waals surface area contributed by atoms with Gasteiger partial charge < -0.3 is 18.8 Å². The number of benzene rings is 1. The number of thioether (sulfide) groups is 1. The Labute approximate surface area is 152 Å². The molecular weight excluding hydrogens is 338 g/mol. The van der Waals surface area contributed by atoms with Crippen LogP contribution in [0, 0.1) is 0 Å². The maximum absolute atomic E-state index is 12.6. The Morgan fingerprint density at radius 2 is 2.08 bits per heavy atom. The molecule has 134 valence electrons. The predicted octanol–water partition coefficient (Wildman–Crippen LogP) is 4.02. The number of carbonyl (C=O) groups is 1. The molecule has 1 aliphatic heterocycles. The Bertz CT molecular complexity index is 743. The third kappa shape index (κ3) is 3.63. The Morgan fingerprint density at radius 3 is 2.76 bits per heavy atom. The molecule has 1 atom stereocenters. The lowest BCUT2D eigenvalue weighted by Gasteiger charge is -2.34. The lowest BCUT2D eigenvalue weighted by Crippen LogP contribution is -2.36. The monoisotopic (exact) mass is 361 g/mol. The molecule has 1 aromatic heterocycles. The second kappa shape index (κ2) is 7.87. The second-order valence-corrected chi connectivity index (χ2v) is 6.99. The zero-order chi connectivity index (χ0) is 17.8. The van der Waals surface area contributed by atoms with Gasteiger partial charge in [0.05, 0.1) is 20.8 Å². The van der Waals surface area contributed by atoms with E-state index in [-0.39, 0.29) is 11.3 Å². The molecule has 6 heteroatoms. The maximum atomic E-state index is 12.6. The van der Waals surface area contributed by atoms with Crippen molar-refractivity contribution in [2.45, 2.75) is 31.7 Å². The van der Waals surface area contributed by atoms with Crippen molar-refractivity contribution in [2.24, 2.45) is 0 Å². The number of carbonyl (C=O) groups excluding carboxylic acids is 1. The molecule has 1 saturated heterocycles. The second-order valence-electron chi connectivity index (χ2n) is 5.81. The zero-order valence-electron chi connectivity index (χ0n) is 14.8. The molecule has 1 fully saturated rings. The molecule has 0 radical (unpaired) electrons. The van der Waals surface area contributed by atoms with Crippen molar-refractivity contribution in [1.82, 2.24) is 4.90 Å². The Morgan fingerprint density at radius 1 is 1.24 bits per heavy atom. The quantitative estimate of drug-likeness (QED) is 0.778. The van der Waals surface area contributed by atoms with Gasteiger partial charge in [0.15, 0.2) is 11.5 Å². The standard InChI is InChI=1S/C19H23NO4S/c1-4-14-8-9-16(24-14)19-20(17(21)10-11-25-19)12-13-6-5-7-15(22-2)18(13)23-3/h5-9,19H,4,10-12H2,1-3H3. The average Bonchev–Trinajstić information content (AvgIpc) is 3.12. The number of rotatable bonds is 6. The van der Waals surface area contributed by atoms with Crippen LogP contribution in [0.25, 0.3) is 0 Å². The lowest BCUT2D eigenvalue weighted by molar-refractivity contribution is -0.133. The van der Waals surface area contributed by atoms with Crippen LogP contribution in [-0.2, 0) is 17.8 Å². The van der Waals surface area contributed by atoms with E-state index in [1.807, 2.05) is 35.2 Å². The van der Waals surface area contributed by atoms with Gasteiger partial charge >= 0.3 is 0 Å². The minimum atomic E-state index is -0.113. The Hall–Kier alpha value is -2.08. The van der Waals surface area contributed by atoms with E-state index in [0.717, 1.165) is 29.3 Å². The summed E-state index contributed by atoms with van der Waals surface area (Å²) in [5, 5.41) is -0.113. The maximum Gasteiger partial charge on any atom is 0.224 e. The smallest absolute Gasteiger partial charge is 0.224 e. The molecule has 0 spiro atoms. The normalized spacial score (nSPS) is 17.6. The SMILES string of the molecule is CCc1ccc(C2SCCC(=O)N2Cc2cccc(OC)c2OC)o1. The molecule has 25 heavy (non-hydrogen) atoms. The van der Waals surface area contributed by atoms with Crippen molar-refractivity contribution in [2.75, 3.05) is 20.0 Å². The number of amides is 1. The summed E-state index contributed by atoms with van der Waals surface area (Å²) in [6.45, 7) is 2.51. The number of hydrogen-bond donors (Lipinski definition) is 0. The number of ether oxygens (including phenoxy) is 2. The Kier molecular flexibility index (Phi) is 5.58. The molecule has 0 saturated carbocycles. The first-order chi connectivity index (χ1) is 12.2. The molecule has 2 aromatic rings. The van der Waals surface area contributed by atoms with Gasteiger partial charge in [-0.15, -0.1) is 11.8 Å². The summed E-state index contributed by atoms with van der Waals surface area (Å²) in [4.78, 5) is 14.5. The van der Waals surface area contributed by atoms with E-state index in [4.69, 9.17) is 13.9 Å². The van der Waals surface area contributed by atoms with Crippen LogP contribution in [0.15, 0.2) is 34.7 Å². The topological polar surface area (TPSA) is 51.9 Å². The van der Waals surface area contributed by atoms with Gasteiger partial charge in [0.2, 0.25) is 5.91 Å². The van der Waals surface area contributed by atoms with Crippen LogP contribution in [0.4, 0.5) is 0 Å². The molecule has 2 heterocycles. The minimum absolute atomic E-state index is 0.113. The van der Waals surface area contributed by atoms with Gasteiger partial charge in [-0.1, -0.05) is 19.1 Å². The number of furan rings is 1. The highest BCUT2D eigenvalue weighted by Crippen LogP contribution is 2.41. The molecule has 1 amide bonds. The van der Waals surface area contributed by atoms with Crippen molar-refractivity contribution < 1.29 is 18.7 Å². The van der Waals surface area contributed by atoms with E-state index in [9.17, 15) is 4.79 Å². The summed E-state index contributed by atoms with van der Waals surface area (Å²) in [7, 11) is 3.23. The summed E-state index contributed by atoms with van der Waals surface area (Å²) in [6, 6.07) is 9.69. The fourth-order valence-corrected chi connectivity index (χ4v) is 4.19. The summed E-state index contributed by atoms with van der Waals surface area (Å²) in [5.41, 5.74) is 0.921. The number of nitrogens with zero attached hydrogens (tertiary/aromatic N) is 1. The van der Waals surface area contributed by atoms with Crippen molar-refractivity contribution >= 4 is 17.7 Å². The first-order valence-electron chi connectivity index (χ1n) is 8.37. The summed E-state index contributed by atoms with van der Waals surface area (Å²) < 4.78 is 16.8. The molecule has 1 aliphatic rings. The minimum Gasteiger partial charge on any atom is -0.493 e. The number of aryl methyl sites for hydroxylation is 1. The van der Waals surface area contributed by atoms with Gasteiger partial charge in [-0.05, 0) is 18.2 Å². The molecule has 0 N–H and O–H groups in total. The van der Waals surface area contributed by atoms with Crippen molar-refractivity contribution in [3.8, 4) is 11.5 Å². The number of methoxy groups -OCH3 is 2. The molecule has 5 nitrogen and oxygen atoms in total. The van der Waals surface area contributed by atoms with Gasteiger partial charge in [0.1, 0.15) is 16.9 Å². The van der Waals surface area contributed by atoms with Crippen LogP contribution in [0.3, 0.4) is 0 Å². The van der Waals surface area contributed by atoms with E-state index in [1.165, 1.54) is 0 Å². The fourth-order valence-electron chi connectivity index (χ4n) is 3.01. The first-order valence-corrected chi connectivity index (χ1v) is 9.42. The molecule has 1 unspecified atom stereocenters. The predicted molar refractivity (Wildman–Crippen MR) is 98.0 cm³/mol. The number of para-hydroxylation sites is 1. The van der Waals surface area contributed by atoms with Crippen LogP contribution in [0.5, 0.6) is 11.5 Å². The molecule has 0 bridgehead atoms. The third-order valence-corrected chi connectivity index (χ3v) is 5.54. The molecular formula is C19H23NO4S. The van der Waals surface area contributed by atoms with E-state index in [0.29, 0.717) is 24.5 Å². The van der Waals surface area contributed by atoms with Crippen molar-refractivity contribution in [3.63, 3.8) is 0 Å². The molecule has 1 aromatic carbocycles. The van der Waals surface area contributed by atoms with Gasteiger partial charge in [0, 0.05) is 24.2 Å². The van der Waals surface area contributed by atoms with Gasteiger partial charge in [-0.3, -0.25) is 4.79 Å². The highest BCUT2D eigenvalue weighted by molar-refractivity contribution is 7.99. The average molecular weight is 361 g/mol. The highest BCUT2D eigenvalue weighted by Gasteiger charge is 2.32. The molecule has 0 aliphatic carbocycles. The van der Waals surface area contributed by atoms with Crippen LogP contribution in [0.1, 0.15) is 35.8 Å². The van der Waals surface area contributed by atoms with Gasteiger partial charge in [0.25, 0.3) is 0 Å². The van der Waals surface area contributed by atoms with Crippen LogP contribution in [-0.4, -0.2) is 30.8 Å². The zero-order valence-corrected chi connectivity index (χ0v) is 15.6. The van der Waals surface area contributed by atoms with Crippen LogP contribution < -0.4 is 9.47 Å². The van der Waals surface area contributed by atoms with Crippen LogP contribution in [0.2, 0.25) is 0 Å². The van der Waals surface area contributed by atoms with E-state index in [1.54, 1.807) is 26.0 Å². The van der Waals surface area contributed by atoms with E-state index < -0.39 is 0 Å². The fraction of sp³-hybridized carbons (Fsp3) is 0.421. The first kappa shape index (κ1) is 17.7. The van der Waals surface area contributed by atoms with Gasteiger partial charge in [-0.25, -0.2) is 0 Å². The van der Waals surface area contributed by atoms with Gasteiger partial charge in [-0.2, -0.15) is 0 Å². The lowest BCUT2D eigenvalue weighted by atomic mass is 10.1. The van der Waals surface area contributed by atoms with Crippen LogP contribution >= 0.6 is 11.8 Å². The number of hydrogen-bond acceptors (Lipinski definition) is 5. The highest BCUT2D eigenvalue weighted by atomic mass is 32.2. The third-order valence-electron chi connectivity index (χ3n) is 4.29. The van der Waals surface area contributed by atoms with Crippen molar-refractivity contribution in [1.29, 1.82) is 0 Å². The summed E-state index contributed by atoms with van der Waals surface area (Å²) in [6.07, 6.45) is 1.38. The molecule has 3 rings (SSSR count). The van der Waals surface area contributed by atoms with E-state index in [2.05, 4.69) is 6.92 Å².